The Morgan fingerprint density at radius 3 is 3.00 bits per heavy atom. The highest BCUT2D eigenvalue weighted by molar-refractivity contribution is 5.08. The van der Waals surface area contributed by atoms with Crippen LogP contribution >= 0.6 is 0 Å². The van der Waals surface area contributed by atoms with Crippen LogP contribution in [0.1, 0.15) is 38.2 Å². The van der Waals surface area contributed by atoms with E-state index in [1.54, 1.807) is 6.26 Å². The minimum atomic E-state index is 0.200. The summed E-state index contributed by atoms with van der Waals surface area (Å²) in [6.07, 6.45) is 8.67. The van der Waals surface area contributed by atoms with E-state index in [0.29, 0.717) is 0 Å². The Morgan fingerprint density at radius 2 is 2.41 bits per heavy atom. The van der Waals surface area contributed by atoms with E-state index in [1.165, 1.54) is 31.2 Å². The number of hydrogen-bond donors (Lipinski definition) is 1. The predicted octanol–water partition coefficient (Wildman–Crippen LogP) is 2.62. The fourth-order valence-electron chi connectivity index (χ4n) is 3.45. The van der Waals surface area contributed by atoms with E-state index < -0.39 is 0 Å². The van der Waals surface area contributed by atoms with E-state index in [2.05, 4.69) is 18.9 Å². The zero-order valence-corrected chi connectivity index (χ0v) is 11.0. The number of nitrogens with zero attached hydrogens (tertiary/aromatic N) is 1. The quantitative estimate of drug-likeness (QED) is 0.854. The number of nitrogens with two attached hydrogens (primary N) is 1. The summed E-state index contributed by atoms with van der Waals surface area (Å²) in [5, 5.41) is 0. The largest absolute Gasteiger partial charge is 0.472 e. The van der Waals surface area contributed by atoms with Crippen molar-refractivity contribution < 1.29 is 4.42 Å². The van der Waals surface area contributed by atoms with Crippen molar-refractivity contribution in [2.45, 2.75) is 44.7 Å². The second-order valence-electron chi connectivity index (χ2n) is 5.29. The third-order valence-electron chi connectivity index (χ3n) is 4.53. The zero-order valence-electron chi connectivity index (χ0n) is 11.0. The topological polar surface area (TPSA) is 42.4 Å². The second-order valence-corrected chi connectivity index (χ2v) is 5.29. The first-order chi connectivity index (χ1) is 8.23. The van der Waals surface area contributed by atoms with E-state index in [1.807, 2.05) is 12.3 Å². The third kappa shape index (κ3) is 2.26. The first kappa shape index (κ1) is 12.7. The van der Waals surface area contributed by atoms with Crippen molar-refractivity contribution in [3.63, 3.8) is 0 Å². The Hall–Kier alpha value is -0.800. The molecule has 2 rings (SSSR count). The summed E-state index contributed by atoms with van der Waals surface area (Å²) < 4.78 is 5.14. The van der Waals surface area contributed by atoms with Crippen molar-refractivity contribution in [3.8, 4) is 0 Å². The molecule has 96 valence electrons. The van der Waals surface area contributed by atoms with Crippen LogP contribution in [-0.4, -0.2) is 24.0 Å². The molecule has 1 aromatic heterocycles. The van der Waals surface area contributed by atoms with Crippen LogP contribution in [0.15, 0.2) is 23.0 Å². The lowest BCUT2D eigenvalue weighted by molar-refractivity contribution is 0.0745. The molecule has 0 aromatic carbocycles. The molecule has 1 saturated carbocycles. The van der Waals surface area contributed by atoms with Crippen LogP contribution in [0.5, 0.6) is 0 Å². The summed E-state index contributed by atoms with van der Waals surface area (Å²) >= 11 is 0. The zero-order chi connectivity index (χ0) is 12.3. The Kier molecular flexibility index (Phi) is 3.89. The fourth-order valence-corrected chi connectivity index (χ4v) is 3.45. The summed E-state index contributed by atoms with van der Waals surface area (Å²) in [5.74, 6) is 0.740. The van der Waals surface area contributed by atoms with Gasteiger partial charge in [0.1, 0.15) is 0 Å². The fraction of sp³-hybridized carbons (Fsp3) is 0.714. The molecule has 0 spiro atoms. The number of likely N-dealkylation sites (N-methyl/N-ethyl adjacent to an activating group) is 1. The highest BCUT2D eigenvalue weighted by Gasteiger charge is 2.43. The molecular formula is C14H24N2O. The number of furan rings is 1. The maximum atomic E-state index is 6.10. The van der Waals surface area contributed by atoms with Gasteiger partial charge in [-0.2, -0.15) is 0 Å². The highest BCUT2D eigenvalue weighted by atomic mass is 16.3. The minimum Gasteiger partial charge on any atom is -0.472 e. The van der Waals surface area contributed by atoms with Gasteiger partial charge < -0.3 is 10.2 Å². The second kappa shape index (κ2) is 5.23. The molecule has 0 saturated heterocycles. The molecule has 1 aromatic rings. The van der Waals surface area contributed by atoms with Gasteiger partial charge in [-0.3, -0.25) is 4.90 Å². The van der Waals surface area contributed by atoms with E-state index >= 15 is 0 Å². The molecule has 2 atom stereocenters. The highest BCUT2D eigenvalue weighted by Crippen LogP contribution is 2.41. The smallest absolute Gasteiger partial charge is 0.0947 e. The van der Waals surface area contributed by atoms with Gasteiger partial charge in [0.2, 0.25) is 0 Å². The van der Waals surface area contributed by atoms with Crippen molar-refractivity contribution >= 4 is 0 Å². The van der Waals surface area contributed by atoms with E-state index in [9.17, 15) is 0 Å². The number of hydrogen-bond acceptors (Lipinski definition) is 3. The molecule has 0 bridgehead atoms. The van der Waals surface area contributed by atoms with E-state index in [4.69, 9.17) is 10.2 Å². The maximum absolute atomic E-state index is 6.10. The predicted molar refractivity (Wildman–Crippen MR) is 69.6 cm³/mol. The molecule has 3 heteroatoms. The van der Waals surface area contributed by atoms with Gasteiger partial charge in [-0.15, -0.1) is 0 Å². The molecular weight excluding hydrogens is 212 g/mol. The average molecular weight is 236 g/mol. The van der Waals surface area contributed by atoms with Crippen molar-refractivity contribution in [3.05, 3.63) is 24.2 Å². The van der Waals surface area contributed by atoms with Crippen LogP contribution in [0.25, 0.3) is 0 Å². The van der Waals surface area contributed by atoms with Gasteiger partial charge >= 0.3 is 0 Å². The Morgan fingerprint density at radius 1 is 1.59 bits per heavy atom. The molecule has 0 amide bonds. The molecule has 3 nitrogen and oxygen atoms in total. The first-order valence-corrected chi connectivity index (χ1v) is 6.65. The molecule has 2 N–H and O–H groups in total. The van der Waals surface area contributed by atoms with Crippen LogP contribution in [0.3, 0.4) is 0 Å². The third-order valence-corrected chi connectivity index (χ3v) is 4.53. The van der Waals surface area contributed by atoms with Gasteiger partial charge in [0.05, 0.1) is 12.5 Å². The summed E-state index contributed by atoms with van der Waals surface area (Å²) in [5.41, 5.74) is 7.54. The van der Waals surface area contributed by atoms with Gasteiger partial charge in [0.25, 0.3) is 0 Å². The SMILES string of the molecule is CCC1CCCC1(CN)N(C)Cc1ccoc1. The molecule has 1 fully saturated rings. The van der Waals surface area contributed by atoms with Crippen LogP contribution in [0.4, 0.5) is 0 Å². The summed E-state index contributed by atoms with van der Waals surface area (Å²) in [4.78, 5) is 2.44. The lowest BCUT2D eigenvalue weighted by atomic mass is 9.83. The Balaban J connectivity index is 2.11. The average Bonchev–Trinajstić information content (AvgIpc) is 2.96. The summed E-state index contributed by atoms with van der Waals surface area (Å²) in [7, 11) is 2.20. The van der Waals surface area contributed by atoms with Crippen molar-refractivity contribution in [2.75, 3.05) is 13.6 Å². The molecule has 17 heavy (non-hydrogen) atoms. The molecule has 0 aliphatic heterocycles. The minimum absolute atomic E-state index is 0.200. The summed E-state index contributed by atoms with van der Waals surface area (Å²) in [6, 6.07) is 2.04. The van der Waals surface area contributed by atoms with Gasteiger partial charge in [0, 0.05) is 24.2 Å². The lowest BCUT2D eigenvalue weighted by Crippen LogP contribution is -2.54. The van der Waals surface area contributed by atoms with Gasteiger partial charge in [0.15, 0.2) is 0 Å². The van der Waals surface area contributed by atoms with E-state index in [0.717, 1.165) is 19.0 Å². The lowest BCUT2D eigenvalue weighted by Gasteiger charge is -2.42. The van der Waals surface area contributed by atoms with Gasteiger partial charge in [-0.1, -0.05) is 19.8 Å². The van der Waals surface area contributed by atoms with E-state index in [-0.39, 0.29) is 5.54 Å². The monoisotopic (exact) mass is 236 g/mol. The molecule has 2 unspecified atom stereocenters. The van der Waals surface area contributed by atoms with Crippen LogP contribution in [0.2, 0.25) is 0 Å². The molecule has 1 aliphatic rings. The Bertz CT molecular complexity index is 336. The molecule has 0 radical (unpaired) electrons. The molecule has 1 aliphatic carbocycles. The Labute approximate surface area is 104 Å². The van der Waals surface area contributed by atoms with Gasteiger partial charge in [-0.05, 0) is 31.9 Å². The molecule has 1 heterocycles. The normalized spacial score (nSPS) is 29.1. The van der Waals surface area contributed by atoms with Crippen molar-refractivity contribution in [2.24, 2.45) is 11.7 Å². The van der Waals surface area contributed by atoms with Crippen LogP contribution in [0, 0.1) is 5.92 Å². The van der Waals surface area contributed by atoms with Crippen molar-refractivity contribution in [1.82, 2.24) is 4.90 Å². The van der Waals surface area contributed by atoms with Crippen LogP contribution in [-0.2, 0) is 6.54 Å². The summed E-state index contributed by atoms with van der Waals surface area (Å²) in [6.45, 7) is 3.98. The maximum Gasteiger partial charge on any atom is 0.0947 e. The van der Waals surface area contributed by atoms with Crippen molar-refractivity contribution in [1.29, 1.82) is 0 Å². The standard InChI is InChI=1S/C14H24N2O/c1-3-13-5-4-7-14(13,11-15)16(2)9-12-6-8-17-10-12/h6,8,10,13H,3-5,7,9,11,15H2,1-2H3. The van der Waals surface area contributed by atoms with Crippen LogP contribution < -0.4 is 5.73 Å². The first-order valence-electron chi connectivity index (χ1n) is 6.65. The number of rotatable bonds is 5. The van der Waals surface area contributed by atoms with Gasteiger partial charge in [-0.25, -0.2) is 0 Å².